The van der Waals surface area contributed by atoms with E-state index in [9.17, 15) is 9.50 Å². The van der Waals surface area contributed by atoms with Crippen molar-refractivity contribution in [2.45, 2.75) is 25.7 Å². The number of rotatable bonds is 3. The Bertz CT molecular complexity index is 1150. The minimum absolute atomic E-state index is 0.0800. The average molecular weight is 455 g/mol. The predicted molar refractivity (Wildman–Crippen MR) is 122 cm³/mol. The number of aliphatic carboxylic acids is 1. The van der Waals surface area contributed by atoms with Crippen LogP contribution in [0.5, 0.6) is 5.75 Å². The lowest BCUT2D eigenvalue weighted by atomic mass is 9.93. The Kier molecular flexibility index (Phi) is 7.34. The SMILES string of the molecule is CC(=O)O.CN1CCC(c2cc(-c3nc(-c4ccnc(N)c4F)ccc3O)nc(N)n2)CC1. The van der Waals surface area contributed by atoms with E-state index in [0.29, 0.717) is 11.4 Å². The van der Waals surface area contributed by atoms with Crippen LogP contribution in [0, 0.1) is 5.82 Å². The van der Waals surface area contributed by atoms with E-state index < -0.39 is 11.8 Å². The van der Waals surface area contributed by atoms with Gasteiger partial charge in [-0.1, -0.05) is 0 Å². The first-order chi connectivity index (χ1) is 15.7. The van der Waals surface area contributed by atoms with E-state index in [1.807, 2.05) is 0 Å². The van der Waals surface area contributed by atoms with Crippen LogP contribution in [0.25, 0.3) is 22.6 Å². The molecule has 1 aliphatic rings. The maximum absolute atomic E-state index is 14.4. The molecule has 1 saturated heterocycles. The van der Waals surface area contributed by atoms with Crippen LogP contribution >= 0.6 is 0 Å². The van der Waals surface area contributed by atoms with Crippen LogP contribution in [0.15, 0.2) is 30.5 Å². The molecule has 33 heavy (non-hydrogen) atoms. The number of aromatic hydroxyl groups is 1. The van der Waals surface area contributed by atoms with Crippen LogP contribution < -0.4 is 11.5 Å². The summed E-state index contributed by atoms with van der Waals surface area (Å²) in [4.78, 5) is 28.1. The van der Waals surface area contributed by atoms with Gasteiger partial charge in [0.05, 0.1) is 11.4 Å². The summed E-state index contributed by atoms with van der Waals surface area (Å²) < 4.78 is 14.4. The summed E-state index contributed by atoms with van der Waals surface area (Å²) >= 11 is 0. The summed E-state index contributed by atoms with van der Waals surface area (Å²) in [6.07, 6.45) is 3.34. The number of pyridine rings is 2. The van der Waals surface area contributed by atoms with Crippen LogP contribution in [-0.4, -0.2) is 61.2 Å². The fraction of sp³-hybridized carbons (Fsp3) is 0.318. The van der Waals surface area contributed by atoms with E-state index in [1.165, 1.54) is 24.4 Å². The highest BCUT2D eigenvalue weighted by Gasteiger charge is 2.22. The van der Waals surface area contributed by atoms with Gasteiger partial charge in [0.15, 0.2) is 11.6 Å². The summed E-state index contributed by atoms with van der Waals surface area (Å²) in [7, 11) is 2.09. The Morgan fingerprint density at radius 1 is 1.12 bits per heavy atom. The Hall–Kier alpha value is -3.86. The zero-order valence-electron chi connectivity index (χ0n) is 18.4. The van der Waals surface area contributed by atoms with Crippen molar-refractivity contribution in [1.29, 1.82) is 0 Å². The minimum Gasteiger partial charge on any atom is -0.506 e. The van der Waals surface area contributed by atoms with E-state index in [0.717, 1.165) is 38.5 Å². The minimum atomic E-state index is -0.833. The third-order valence-electron chi connectivity index (χ3n) is 5.21. The van der Waals surface area contributed by atoms with Gasteiger partial charge in [-0.2, -0.15) is 0 Å². The first-order valence-electron chi connectivity index (χ1n) is 10.3. The molecule has 0 atom stereocenters. The Labute approximate surface area is 190 Å². The average Bonchev–Trinajstić information content (AvgIpc) is 2.76. The summed E-state index contributed by atoms with van der Waals surface area (Å²) in [5, 5.41) is 17.8. The molecule has 0 bridgehead atoms. The first-order valence-corrected chi connectivity index (χ1v) is 10.3. The normalized spacial score (nSPS) is 14.4. The fourth-order valence-corrected chi connectivity index (χ4v) is 3.57. The Morgan fingerprint density at radius 3 is 2.45 bits per heavy atom. The van der Waals surface area contributed by atoms with Crippen LogP contribution in [0.3, 0.4) is 0 Å². The molecule has 1 aliphatic heterocycles. The van der Waals surface area contributed by atoms with Crippen molar-refractivity contribution in [1.82, 2.24) is 24.8 Å². The number of carboxylic acids is 1. The van der Waals surface area contributed by atoms with Crippen molar-refractivity contribution in [3.63, 3.8) is 0 Å². The van der Waals surface area contributed by atoms with Gasteiger partial charge in [-0.3, -0.25) is 4.79 Å². The Morgan fingerprint density at radius 2 is 1.79 bits per heavy atom. The largest absolute Gasteiger partial charge is 0.506 e. The van der Waals surface area contributed by atoms with Gasteiger partial charge >= 0.3 is 0 Å². The molecule has 10 nitrogen and oxygen atoms in total. The van der Waals surface area contributed by atoms with Crippen LogP contribution in [0.1, 0.15) is 31.4 Å². The second-order valence-corrected chi connectivity index (χ2v) is 7.75. The number of nitrogens with zero attached hydrogens (tertiary/aromatic N) is 5. The summed E-state index contributed by atoms with van der Waals surface area (Å²) in [5.41, 5.74) is 13.4. The van der Waals surface area contributed by atoms with E-state index in [2.05, 4.69) is 31.9 Å². The molecular formula is C22H26FN7O3. The number of nitrogens with two attached hydrogens (primary N) is 2. The molecule has 0 radical (unpaired) electrons. The van der Waals surface area contributed by atoms with Crippen LogP contribution in [0.4, 0.5) is 16.2 Å². The monoisotopic (exact) mass is 455 g/mol. The highest BCUT2D eigenvalue weighted by Crippen LogP contribution is 2.34. The molecule has 3 aromatic rings. The number of carbonyl (C=O) groups is 1. The van der Waals surface area contributed by atoms with Crippen molar-refractivity contribution >= 4 is 17.7 Å². The molecular weight excluding hydrogens is 429 g/mol. The molecule has 11 heteroatoms. The van der Waals surface area contributed by atoms with E-state index in [1.54, 1.807) is 6.07 Å². The van der Waals surface area contributed by atoms with Crippen molar-refractivity contribution in [2.75, 3.05) is 31.6 Å². The molecule has 174 valence electrons. The van der Waals surface area contributed by atoms with E-state index in [-0.39, 0.29) is 34.7 Å². The van der Waals surface area contributed by atoms with Gasteiger partial charge in [-0.25, -0.2) is 24.3 Å². The number of hydrogen-bond donors (Lipinski definition) is 4. The van der Waals surface area contributed by atoms with E-state index >= 15 is 0 Å². The number of aromatic nitrogens is 4. The highest BCUT2D eigenvalue weighted by molar-refractivity contribution is 5.70. The number of carboxylic acid groups (broad SMARTS) is 1. The standard InChI is InChI=1S/C20H22FN7O.C2H4O2/c1-28-8-5-11(6-9-28)14-10-15(27-20(23)26-14)18-16(29)3-2-13(25-18)12-4-7-24-19(22)17(12)21;1-2(3)4/h2-4,7,10-11,29H,5-6,8-9H2,1H3,(H2,22,24)(H2,23,26,27);1H3,(H,3,4). The molecule has 0 unspecified atom stereocenters. The second kappa shape index (κ2) is 10.2. The fourth-order valence-electron chi connectivity index (χ4n) is 3.57. The van der Waals surface area contributed by atoms with Crippen molar-refractivity contribution in [2.24, 2.45) is 0 Å². The molecule has 4 rings (SSSR count). The third kappa shape index (κ3) is 5.89. The quantitative estimate of drug-likeness (QED) is 0.461. The molecule has 3 aromatic heterocycles. The van der Waals surface area contributed by atoms with Crippen molar-refractivity contribution < 1.29 is 19.4 Å². The number of nitrogen functional groups attached to an aromatic ring is 2. The number of hydrogen-bond acceptors (Lipinski definition) is 9. The summed E-state index contributed by atoms with van der Waals surface area (Å²) in [5.74, 6) is -1.41. The maximum Gasteiger partial charge on any atom is 0.300 e. The molecule has 0 aliphatic carbocycles. The lowest BCUT2D eigenvalue weighted by Crippen LogP contribution is -2.29. The number of piperidine rings is 1. The van der Waals surface area contributed by atoms with E-state index in [4.69, 9.17) is 21.4 Å². The van der Waals surface area contributed by atoms with Crippen LogP contribution in [0.2, 0.25) is 0 Å². The maximum atomic E-state index is 14.4. The number of likely N-dealkylation sites (tertiary alicyclic amines) is 1. The van der Waals surface area contributed by atoms with Gasteiger partial charge in [-0.15, -0.1) is 0 Å². The summed E-state index contributed by atoms with van der Waals surface area (Å²) in [6, 6.07) is 6.24. The topological polar surface area (TPSA) is 164 Å². The van der Waals surface area contributed by atoms with Crippen LogP contribution in [-0.2, 0) is 4.79 Å². The predicted octanol–water partition coefficient (Wildman–Crippen LogP) is 2.51. The lowest BCUT2D eigenvalue weighted by molar-refractivity contribution is -0.134. The van der Waals surface area contributed by atoms with Gasteiger partial charge in [0.2, 0.25) is 5.95 Å². The Balaban J connectivity index is 0.000000709. The molecule has 0 amide bonds. The van der Waals surface area contributed by atoms with Crippen molar-refractivity contribution in [3.05, 3.63) is 42.0 Å². The summed E-state index contributed by atoms with van der Waals surface area (Å²) in [6.45, 7) is 3.04. The lowest BCUT2D eigenvalue weighted by Gasteiger charge is -2.28. The molecule has 0 saturated carbocycles. The third-order valence-corrected chi connectivity index (χ3v) is 5.21. The number of anilines is 2. The smallest absolute Gasteiger partial charge is 0.300 e. The number of halogens is 1. The van der Waals surface area contributed by atoms with Crippen molar-refractivity contribution in [3.8, 4) is 28.4 Å². The van der Waals surface area contributed by atoms with Gasteiger partial charge in [0, 0.05) is 30.3 Å². The van der Waals surface area contributed by atoms with Gasteiger partial charge in [-0.05, 0) is 57.2 Å². The zero-order chi connectivity index (χ0) is 24.1. The van der Waals surface area contributed by atoms with Gasteiger partial charge < -0.3 is 26.6 Å². The molecule has 4 heterocycles. The molecule has 0 spiro atoms. The first kappa shape index (κ1) is 23.8. The zero-order valence-corrected chi connectivity index (χ0v) is 18.4. The molecule has 6 N–H and O–H groups in total. The molecule has 1 fully saturated rings. The second-order valence-electron chi connectivity index (χ2n) is 7.75. The highest BCUT2D eigenvalue weighted by atomic mass is 19.1. The van der Waals surface area contributed by atoms with Gasteiger partial charge in [0.25, 0.3) is 5.97 Å². The molecule has 0 aromatic carbocycles. The van der Waals surface area contributed by atoms with Gasteiger partial charge in [0.1, 0.15) is 11.4 Å².